The van der Waals surface area contributed by atoms with E-state index in [0.29, 0.717) is 16.9 Å². The highest BCUT2D eigenvalue weighted by Gasteiger charge is 2.14. The number of carboxylic acid groups (broad SMARTS) is 1. The van der Waals surface area contributed by atoms with Gasteiger partial charge in [0.1, 0.15) is 5.82 Å². The summed E-state index contributed by atoms with van der Waals surface area (Å²) >= 11 is 0. The third kappa shape index (κ3) is 3.31. The monoisotopic (exact) mass is 288 g/mol. The molecule has 0 aliphatic rings. The lowest BCUT2D eigenvalue weighted by molar-refractivity contribution is 0.0698. The van der Waals surface area contributed by atoms with Gasteiger partial charge in [0.05, 0.1) is 5.56 Å². The Morgan fingerprint density at radius 2 is 2.00 bits per heavy atom. The number of aromatic carboxylic acids is 1. The van der Waals surface area contributed by atoms with E-state index in [4.69, 9.17) is 5.73 Å². The van der Waals surface area contributed by atoms with Gasteiger partial charge in [-0.25, -0.2) is 9.18 Å². The number of anilines is 2. The van der Waals surface area contributed by atoms with Crippen LogP contribution in [0.3, 0.4) is 0 Å². The quantitative estimate of drug-likeness (QED) is 0.752. The van der Waals surface area contributed by atoms with Gasteiger partial charge >= 0.3 is 5.97 Å². The summed E-state index contributed by atoms with van der Waals surface area (Å²) in [5, 5.41) is 12.3. The molecule has 2 aromatic rings. The van der Waals surface area contributed by atoms with Crippen molar-refractivity contribution < 1.29 is 14.3 Å². The number of benzene rings is 2. The van der Waals surface area contributed by atoms with E-state index in [0.717, 1.165) is 5.56 Å². The van der Waals surface area contributed by atoms with Crippen LogP contribution in [0, 0.1) is 12.7 Å². The topological polar surface area (TPSA) is 75.3 Å². The van der Waals surface area contributed by atoms with E-state index in [1.54, 1.807) is 25.1 Å². The average Bonchev–Trinajstić information content (AvgIpc) is 2.43. The second kappa shape index (κ2) is 5.83. The molecule has 21 heavy (non-hydrogen) atoms. The first kappa shape index (κ1) is 14.8. The second-order valence-corrected chi connectivity index (χ2v) is 4.98. The van der Waals surface area contributed by atoms with E-state index in [2.05, 4.69) is 5.32 Å². The molecule has 0 saturated heterocycles. The van der Waals surface area contributed by atoms with Crippen LogP contribution in [0.15, 0.2) is 36.4 Å². The Hall–Kier alpha value is -2.56. The Morgan fingerprint density at radius 1 is 1.29 bits per heavy atom. The fourth-order valence-corrected chi connectivity index (χ4v) is 2.06. The maximum Gasteiger partial charge on any atom is 0.337 e. The molecule has 0 heterocycles. The molecular weight excluding hydrogens is 271 g/mol. The van der Waals surface area contributed by atoms with Crippen LogP contribution in [0.2, 0.25) is 0 Å². The highest BCUT2D eigenvalue weighted by molar-refractivity contribution is 5.95. The van der Waals surface area contributed by atoms with Crippen molar-refractivity contribution in [2.75, 3.05) is 11.1 Å². The van der Waals surface area contributed by atoms with Gasteiger partial charge in [-0.1, -0.05) is 12.1 Å². The summed E-state index contributed by atoms with van der Waals surface area (Å²) in [5.41, 5.74) is 7.84. The Labute approximate surface area is 122 Å². The van der Waals surface area contributed by atoms with Gasteiger partial charge in [0.25, 0.3) is 0 Å². The second-order valence-electron chi connectivity index (χ2n) is 4.98. The molecule has 0 radical (unpaired) electrons. The number of nitrogen functional groups attached to an aromatic ring is 1. The van der Waals surface area contributed by atoms with Crippen molar-refractivity contribution in [3.63, 3.8) is 0 Å². The summed E-state index contributed by atoms with van der Waals surface area (Å²) < 4.78 is 13.6. The number of hydrogen-bond donors (Lipinski definition) is 3. The number of hydrogen-bond acceptors (Lipinski definition) is 3. The number of nitrogens with two attached hydrogens (primary N) is 1. The van der Waals surface area contributed by atoms with E-state index in [1.165, 1.54) is 12.1 Å². The number of halogens is 1. The Balaban J connectivity index is 2.29. The fourth-order valence-electron chi connectivity index (χ4n) is 2.06. The normalized spacial score (nSPS) is 12.0. The minimum Gasteiger partial charge on any atom is -0.478 e. The number of aryl methyl sites for hydroxylation is 1. The predicted octanol–water partition coefficient (Wildman–Crippen LogP) is 3.59. The highest BCUT2D eigenvalue weighted by atomic mass is 19.1. The molecule has 2 rings (SSSR count). The molecule has 0 saturated carbocycles. The summed E-state index contributed by atoms with van der Waals surface area (Å²) in [6.45, 7) is 3.53. The molecule has 4 N–H and O–H groups in total. The van der Waals surface area contributed by atoms with E-state index in [1.807, 2.05) is 13.0 Å². The van der Waals surface area contributed by atoms with Crippen LogP contribution in [0.5, 0.6) is 0 Å². The lowest BCUT2D eigenvalue weighted by Gasteiger charge is -2.18. The predicted molar refractivity (Wildman–Crippen MR) is 81.0 cm³/mol. The standard InChI is InChI=1S/C16H17FN2O2/c1-9-3-4-11(7-14(9)17)10(2)19-15-6-5-12(18)8-13(15)16(20)21/h3-8,10,19H,18H2,1-2H3,(H,20,21). The van der Waals surface area contributed by atoms with E-state index in [9.17, 15) is 14.3 Å². The molecule has 5 heteroatoms. The van der Waals surface area contributed by atoms with Crippen molar-refractivity contribution in [2.24, 2.45) is 0 Å². The van der Waals surface area contributed by atoms with Crippen molar-refractivity contribution >= 4 is 17.3 Å². The van der Waals surface area contributed by atoms with Crippen LogP contribution in [0.1, 0.15) is 34.5 Å². The molecule has 0 bridgehead atoms. The van der Waals surface area contributed by atoms with Crippen LogP contribution in [0.25, 0.3) is 0 Å². The van der Waals surface area contributed by atoms with Crippen molar-refractivity contribution in [3.05, 3.63) is 58.9 Å². The van der Waals surface area contributed by atoms with Crippen LogP contribution in [0.4, 0.5) is 15.8 Å². The zero-order chi connectivity index (χ0) is 15.6. The molecule has 0 spiro atoms. The highest BCUT2D eigenvalue weighted by Crippen LogP contribution is 2.25. The van der Waals surface area contributed by atoms with Gasteiger partial charge in [-0.05, 0) is 49.2 Å². The third-order valence-corrected chi connectivity index (χ3v) is 3.34. The maximum atomic E-state index is 13.6. The summed E-state index contributed by atoms with van der Waals surface area (Å²) in [4.78, 5) is 11.2. The van der Waals surface area contributed by atoms with Crippen molar-refractivity contribution in [2.45, 2.75) is 19.9 Å². The molecule has 0 fully saturated rings. The van der Waals surface area contributed by atoms with Crippen molar-refractivity contribution in [1.82, 2.24) is 0 Å². The Bertz CT molecular complexity index is 686. The first-order chi connectivity index (χ1) is 9.88. The number of carbonyl (C=O) groups is 1. The zero-order valence-corrected chi connectivity index (χ0v) is 11.9. The number of rotatable bonds is 4. The summed E-state index contributed by atoms with van der Waals surface area (Å²) in [5.74, 6) is -1.34. The molecule has 110 valence electrons. The van der Waals surface area contributed by atoms with Gasteiger partial charge in [0.15, 0.2) is 0 Å². The first-order valence-electron chi connectivity index (χ1n) is 6.54. The van der Waals surface area contributed by atoms with E-state index < -0.39 is 5.97 Å². The van der Waals surface area contributed by atoms with Gasteiger partial charge in [0, 0.05) is 17.4 Å². The molecule has 0 aliphatic carbocycles. The summed E-state index contributed by atoms with van der Waals surface area (Å²) in [7, 11) is 0. The first-order valence-corrected chi connectivity index (χ1v) is 6.54. The minimum absolute atomic E-state index is 0.0921. The van der Waals surface area contributed by atoms with Gasteiger partial charge < -0.3 is 16.2 Å². The van der Waals surface area contributed by atoms with Crippen LogP contribution in [-0.2, 0) is 0 Å². The van der Waals surface area contributed by atoms with Gasteiger partial charge in [0.2, 0.25) is 0 Å². The number of nitrogens with one attached hydrogen (secondary N) is 1. The lowest BCUT2D eigenvalue weighted by Crippen LogP contribution is -2.11. The van der Waals surface area contributed by atoms with E-state index >= 15 is 0 Å². The molecule has 0 amide bonds. The Kier molecular flexibility index (Phi) is 4.12. The fraction of sp³-hybridized carbons (Fsp3) is 0.188. The SMILES string of the molecule is Cc1ccc(C(C)Nc2ccc(N)cc2C(=O)O)cc1F. The summed E-state index contributed by atoms with van der Waals surface area (Å²) in [6, 6.07) is 9.36. The van der Waals surface area contributed by atoms with Gasteiger partial charge in [-0.3, -0.25) is 0 Å². The largest absolute Gasteiger partial charge is 0.478 e. The molecule has 0 aliphatic heterocycles. The van der Waals surface area contributed by atoms with Crippen LogP contribution < -0.4 is 11.1 Å². The van der Waals surface area contributed by atoms with Crippen LogP contribution in [-0.4, -0.2) is 11.1 Å². The maximum absolute atomic E-state index is 13.6. The minimum atomic E-state index is -1.06. The van der Waals surface area contributed by atoms with Gasteiger partial charge in [-0.15, -0.1) is 0 Å². The lowest BCUT2D eigenvalue weighted by atomic mass is 10.0. The van der Waals surface area contributed by atoms with Crippen molar-refractivity contribution in [3.8, 4) is 0 Å². The molecule has 0 aromatic heterocycles. The molecule has 1 atom stereocenters. The molecule has 4 nitrogen and oxygen atoms in total. The number of carboxylic acids is 1. The molecule has 1 unspecified atom stereocenters. The zero-order valence-electron chi connectivity index (χ0n) is 11.9. The smallest absolute Gasteiger partial charge is 0.337 e. The molecular formula is C16H17FN2O2. The molecule has 2 aromatic carbocycles. The van der Waals surface area contributed by atoms with E-state index in [-0.39, 0.29) is 17.4 Å². The average molecular weight is 288 g/mol. The van der Waals surface area contributed by atoms with Crippen LogP contribution >= 0.6 is 0 Å². The third-order valence-electron chi connectivity index (χ3n) is 3.34. The Morgan fingerprint density at radius 3 is 2.62 bits per heavy atom. The van der Waals surface area contributed by atoms with Crippen molar-refractivity contribution in [1.29, 1.82) is 0 Å². The summed E-state index contributed by atoms with van der Waals surface area (Å²) in [6.07, 6.45) is 0. The van der Waals surface area contributed by atoms with Gasteiger partial charge in [-0.2, -0.15) is 0 Å².